The van der Waals surface area contributed by atoms with E-state index in [1.54, 1.807) is 16.2 Å². The first kappa shape index (κ1) is 16.5. The Labute approximate surface area is 129 Å². The Hall–Kier alpha value is -1.52. The zero-order valence-corrected chi connectivity index (χ0v) is 13.0. The summed E-state index contributed by atoms with van der Waals surface area (Å²) in [6.45, 7) is 0.758. The molecule has 20 heavy (non-hydrogen) atoms. The van der Waals surface area contributed by atoms with Crippen LogP contribution in [0.3, 0.4) is 0 Å². The third kappa shape index (κ3) is 4.87. The van der Waals surface area contributed by atoms with E-state index >= 15 is 0 Å². The van der Waals surface area contributed by atoms with E-state index in [2.05, 4.69) is 11.4 Å². The fraction of sp³-hybridized carbons (Fsp3) is 0.267. The summed E-state index contributed by atoms with van der Waals surface area (Å²) in [5.74, 6) is 0.140. The van der Waals surface area contributed by atoms with Crippen LogP contribution in [0.4, 0.5) is 5.69 Å². The van der Waals surface area contributed by atoms with Gasteiger partial charge in [-0.05, 0) is 35.6 Å². The number of halogens is 1. The van der Waals surface area contributed by atoms with Crippen LogP contribution in [0.2, 0.25) is 0 Å². The van der Waals surface area contributed by atoms with Gasteiger partial charge in [-0.1, -0.05) is 18.2 Å². The Balaban J connectivity index is 0.00000200. The molecule has 0 aliphatic heterocycles. The number of nitrogens with two attached hydrogens (primary N) is 1. The first-order chi connectivity index (χ1) is 9.15. The molecule has 1 aromatic heterocycles. The molecule has 3 nitrogen and oxygen atoms in total. The predicted octanol–water partition coefficient (Wildman–Crippen LogP) is 3.00. The number of nitrogen functional groups attached to an aromatic ring is 1. The number of anilines is 1. The van der Waals surface area contributed by atoms with Crippen LogP contribution in [-0.2, 0) is 17.6 Å². The van der Waals surface area contributed by atoms with Gasteiger partial charge in [0.05, 0.1) is 6.42 Å². The zero-order valence-electron chi connectivity index (χ0n) is 11.4. The van der Waals surface area contributed by atoms with Crippen LogP contribution in [0, 0.1) is 0 Å². The van der Waals surface area contributed by atoms with Crippen molar-refractivity contribution in [2.24, 2.45) is 0 Å². The molecule has 2 rings (SSSR count). The molecule has 0 atom stereocenters. The van der Waals surface area contributed by atoms with Crippen molar-refractivity contribution in [3.8, 4) is 0 Å². The van der Waals surface area contributed by atoms with E-state index in [9.17, 15) is 4.79 Å². The van der Waals surface area contributed by atoms with E-state index in [0.29, 0.717) is 6.42 Å². The number of hydrogen-bond donors (Lipinski definition) is 1. The standard InChI is InChI=1S/C15H18N2OS.ClH/c1-17(9-8-14-3-2-10-19-14)15(18)11-12-4-6-13(16)7-5-12;/h2-7,10H,8-9,11,16H2,1H3;1H. The highest BCUT2D eigenvalue weighted by atomic mass is 35.5. The van der Waals surface area contributed by atoms with Gasteiger partial charge in [-0.15, -0.1) is 23.7 Å². The molecule has 0 aliphatic rings. The third-order valence-corrected chi connectivity index (χ3v) is 3.97. The summed E-state index contributed by atoms with van der Waals surface area (Å²) in [6, 6.07) is 11.6. The highest BCUT2D eigenvalue weighted by Crippen LogP contribution is 2.10. The predicted molar refractivity (Wildman–Crippen MR) is 87.5 cm³/mol. The van der Waals surface area contributed by atoms with Crippen LogP contribution in [0.1, 0.15) is 10.4 Å². The number of rotatable bonds is 5. The monoisotopic (exact) mass is 310 g/mol. The second-order valence-corrected chi connectivity index (χ2v) is 5.60. The summed E-state index contributed by atoms with van der Waals surface area (Å²) in [4.78, 5) is 15.2. The maximum absolute atomic E-state index is 12.1. The molecule has 5 heteroatoms. The van der Waals surface area contributed by atoms with Gasteiger partial charge in [0.2, 0.25) is 5.91 Å². The summed E-state index contributed by atoms with van der Waals surface area (Å²) in [7, 11) is 1.85. The second kappa shape index (κ2) is 7.92. The molecular weight excluding hydrogens is 292 g/mol. The molecule has 0 fully saturated rings. The minimum atomic E-state index is 0. The van der Waals surface area contributed by atoms with Gasteiger partial charge < -0.3 is 10.6 Å². The smallest absolute Gasteiger partial charge is 0.226 e. The first-order valence-corrected chi connectivity index (χ1v) is 7.14. The minimum Gasteiger partial charge on any atom is -0.399 e. The zero-order chi connectivity index (χ0) is 13.7. The lowest BCUT2D eigenvalue weighted by Crippen LogP contribution is -2.30. The highest BCUT2D eigenvalue weighted by molar-refractivity contribution is 7.09. The molecule has 108 valence electrons. The Morgan fingerprint density at radius 2 is 1.95 bits per heavy atom. The molecule has 0 bridgehead atoms. The number of carbonyl (C=O) groups excluding carboxylic acids is 1. The van der Waals surface area contributed by atoms with E-state index in [1.165, 1.54) is 4.88 Å². The Bertz CT molecular complexity index is 525. The molecule has 0 unspecified atom stereocenters. The lowest BCUT2D eigenvalue weighted by atomic mass is 10.1. The summed E-state index contributed by atoms with van der Waals surface area (Å²) in [6.07, 6.45) is 1.35. The summed E-state index contributed by atoms with van der Waals surface area (Å²) >= 11 is 1.73. The summed E-state index contributed by atoms with van der Waals surface area (Å²) in [5, 5.41) is 2.06. The van der Waals surface area contributed by atoms with Gasteiger partial charge in [0, 0.05) is 24.2 Å². The van der Waals surface area contributed by atoms with E-state index in [-0.39, 0.29) is 18.3 Å². The molecule has 1 aromatic carbocycles. The van der Waals surface area contributed by atoms with Crippen LogP contribution >= 0.6 is 23.7 Å². The number of nitrogens with zero attached hydrogens (tertiary/aromatic N) is 1. The number of carbonyl (C=O) groups is 1. The Kier molecular flexibility index (Phi) is 6.55. The molecule has 0 radical (unpaired) electrons. The van der Waals surface area contributed by atoms with Crippen molar-refractivity contribution >= 4 is 35.3 Å². The molecule has 1 heterocycles. The maximum atomic E-state index is 12.1. The van der Waals surface area contributed by atoms with Crippen LogP contribution in [-0.4, -0.2) is 24.4 Å². The molecule has 2 aromatic rings. The highest BCUT2D eigenvalue weighted by Gasteiger charge is 2.09. The van der Waals surface area contributed by atoms with Crippen LogP contribution in [0.15, 0.2) is 41.8 Å². The van der Waals surface area contributed by atoms with Gasteiger partial charge in [-0.25, -0.2) is 0 Å². The van der Waals surface area contributed by atoms with Gasteiger partial charge in [0.1, 0.15) is 0 Å². The quantitative estimate of drug-likeness (QED) is 0.863. The van der Waals surface area contributed by atoms with Crippen molar-refractivity contribution in [2.75, 3.05) is 19.3 Å². The largest absolute Gasteiger partial charge is 0.399 e. The third-order valence-electron chi connectivity index (χ3n) is 3.03. The van der Waals surface area contributed by atoms with Crippen molar-refractivity contribution in [3.05, 3.63) is 52.2 Å². The number of amides is 1. The topological polar surface area (TPSA) is 46.3 Å². The SMILES string of the molecule is CN(CCc1cccs1)C(=O)Cc1ccc(N)cc1.Cl. The van der Waals surface area contributed by atoms with E-state index in [4.69, 9.17) is 5.73 Å². The fourth-order valence-corrected chi connectivity index (χ4v) is 2.50. The molecule has 1 amide bonds. The Morgan fingerprint density at radius 1 is 1.25 bits per heavy atom. The van der Waals surface area contributed by atoms with Gasteiger partial charge in [-0.2, -0.15) is 0 Å². The Morgan fingerprint density at radius 3 is 2.55 bits per heavy atom. The van der Waals surface area contributed by atoms with E-state index in [0.717, 1.165) is 24.2 Å². The minimum absolute atomic E-state index is 0. The average molecular weight is 311 g/mol. The number of thiophene rings is 1. The normalized spacial score (nSPS) is 9.85. The summed E-state index contributed by atoms with van der Waals surface area (Å²) < 4.78 is 0. The van der Waals surface area contributed by atoms with Crippen LogP contribution in [0.5, 0.6) is 0 Å². The second-order valence-electron chi connectivity index (χ2n) is 4.56. The van der Waals surface area contributed by atoms with Gasteiger partial charge in [-0.3, -0.25) is 4.79 Å². The molecule has 0 aliphatic carbocycles. The van der Waals surface area contributed by atoms with Crippen LogP contribution in [0.25, 0.3) is 0 Å². The van der Waals surface area contributed by atoms with Gasteiger partial charge in [0.25, 0.3) is 0 Å². The molecular formula is C15H19ClN2OS. The number of likely N-dealkylation sites (N-methyl/N-ethyl adjacent to an activating group) is 1. The molecule has 0 spiro atoms. The molecule has 0 saturated heterocycles. The van der Waals surface area contributed by atoms with Crippen LogP contribution < -0.4 is 5.73 Å². The lowest BCUT2D eigenvalue weighted by molar-refractivity contribution is -0.129. The molecule has 2 N–H and O–H groups in total. The van der Waals surface area contributed by atoms with Crippen molar-refractivity contribution < 1.29 is 4.79 Å². The number of hydrogen-bond acceptors (Lipinski definition) is 3. The number of benzene rings is 1. The van der Waals surface area contributed by atoms with E-state index in [1.807, 2.05) is 37.4 Å². The van der Waals surface area contributed by atoms with E-state index < -0.39 is 0 Å². The van der Waals surface area contributed by atoms with Gasteiger partial charge >= 0.3 is 0 Å². The lowest BCUT2D eigenvalue weighted by Gasteiger charge is -2.16. The van der Waals surface area contributed by atoms with Crippen molar-refractivity contribution in [1.29, 1.82) is 0 Å². The van der Waals surface area contributed by atoms with Crippen molar-refractivity contribution in [3.63, 3.8) is 0 Å². The van der Waals surface area contributed by atoms with Gasteiger partial charge in [0.15, 0.2) is 0 Å². The first-order valence-electron chi connectivity index (χ1n) is 6.26. The maximum Gasteiger partial charge on any atom is 0.226 e. The van der Waals surface area contributed by atoms with Crippen molar-refractivity contribution in [2.45, 2.75) is 12.8 Å². The van der Waals surface area contributed by atoms with Crippen molar-refractivity contribution in [1.82, 2.24) is 4.90 Å². The molecule has 0 saturated carbocycles. The average Bonchev–Trinajstić information content (AvgIpc) is 2.91. The fourth-order valence-electron chi connectivity index (χ4n) is 1.80. The summed E-state index contributed by atoms with van der Waals surface area (Å²) in [5.41, 5.74) is 7.35.